The molecule has 1 atom stereocenters. The van der Waals surface area contributed by atoms with Crippen molar-refractivity contribution in [1.29, 1.82) is 0 Å². The number of likely N-dealkylation sites (tertiary alicyclic amines) is 1. The molecule has 1 saturated heterocycles. The number of amides is 1. The molecule has 128 valence electrons. The maximum Gasteiger partial charge on any atom is 0.257 e. The second-order valence-electron chi connectivity index (χ2n) is 6.02. The molecule has 3 heterocycles. The number of benzene rings is 1. The van der Waals surface area contributed by atoms with E-state index in [2.05, 4.69) is 26.1 Å². The molecule has 5 nitrogen and oxygen atoms in total. The van der Waals surface area contributed by atoms with Gasteiger partial charge >= 0.3 is 0 Å². The Hall–Kier alpha value is -1.99. The van der Waals surface area contributed by atoms with Crippen LogP contribution in [-0.2, 0) is 0 Å². The lowest BCUT2D eigenvalue weighted by molar-refractivity contribution is 0.0698. The first-order valence-electron chi connectivity index (χ1n) is 8.13. The van der Waals surface area contributed by atoms with Crippen molar-refractivity contribution in [3.05, 3.63) is 57.7 Å². The molecule has 1 fully saturated rings. The number of aromatic nitrogens is 2. The number of nitrogens with zero attached hydrogens (tertiary/aromatic N) is 3. The molecule has 0 spiro atoms. The van der Waals surface area contributed by atoms with Gasteiger partial charge in [-0.3, -0.25) is 4.79 Å². The molecule has 2 aromatic heterocycles. The molecule has 7 heteroatoms. The minimum atomic E-state index is 0.0454. The summed E-state index contributed by atoms with van der Waals surface area (Å²) in [7, 11) is 0. The molecule has 4 rings (SSSR count). The Balaban J connectivity index is 1.50. The predicted octanol–water partition coefficient (Wildman–Crippen LogP) is 4.58. The van der Waals surface area contributed by atoms with E-state index in [1.54, 1.807) is 11.3 Å². The van der Waals surface area contributed by atoms with Crippen LogP contribution in [0.15, 0.2) is 50.7 Å². The molecule has 0 N–H and O–H groups in total. The van der Waals surface area contributed by atoms with Crippen LogP contribution in [0.25, 0.3) is 10.8 Å². The number of carbonyl (C=O) groups is 1. The zero-order valence-corrected chi connectivity index (χ0v) is 15.8. The normalized spacial score (nSPS) is 17.6. The van der Waals surface area contributed by atoms with Gasteiger partial charge in [0.15, 0.2) is 0 Å². The highest BCUT2D eigenvalue weighted by molar-refractivity contribution is 9.10. The summed E-state index contributed by atoms with van der Waals surface area (Å²) in [5.41, 5.74) is 0.694. The molecule has 1 aliphatic heterocycles. The molecular weight excluding hydrogens is 402 g/mol. The molecule has 0 bridgehead atoms. The van der Waals surface area contributed by atoms with Gasteiger partial charge in [-0.1, -0.05) is 28.1 Å². The number of rotatable bonds is 3. The molecule has 3 aromatic rings. The first-order valence-corrected chi connectivity index (χ1v) is 9.80. The number of thiophene rings is 1. The monoisotopic (exact) mass is 417 g/mol. The lowest BCUT2D eigenvalue weighted by atomic mass is 9.97. The fourth-order valence-corrected chi connectivity index (χ4v) is 4.11. The van der Waals surface area contributed by atoms with Crippen LogP contribution < -0.4 is 0 Å². The topological polar surface area (TPSA) is 59.2 Å². The van der Waals surface area contributed by atoms with Crippen LogP contribution in [-0.4, -0.2) is 34.1 Å². The van der Waals surface area contributed by atoms with Gasteiger partial charge < -0.3 is 9.32 Å². The Morgan fingerprint density at radius 3 is 3.00 bits per heavy atom. The van der Waals surface area contributed by atoms with Crippen LogP contribution >= 0.6 is 27.3 Å². The zero-order valence-electron chi connectivity index (χ0n) is 13.4. The van der Waals surface area contributed by atoms with E-state index in [1.807, 2.05) is 46.7 Å². The van der Waals surface area contributed by atoms with Gasteiger partial charge in [0.05, 0.1) is 10.8 Å². The maximum absolute atomic E-state index is 12.8. The van der Waals surface area contributed by atoms with Gasteiger partial charge in [0, 0.05) is 23.1 Å². The van der Waals surface area contributed by atoms with E-state index in [0.717, 1.165) is 28.7 Å². The molecule has 25 heavy (non-hydrogen) atoms. The second-order valence-corrected chi connectivity index (χ2v) is 7.89. The number of carbonyl (C=O) groups excluding carboxylic acids is 1. The van der Waals surface area contributed by atoms with Gasteiger partial charge in [-0.05, 0) is 42.5 Å². The minimum Gasteiger partial charge on any atom is -0.420 e. The summed E-state index contributed by atoms with van der Waals surface area (Å²) in [6.07, 6.45) is 1.88. The highest BCUT2D eigenvalue weighted by atomic mass is 79.9. The van der Waals surface area contributed by atoms with Gasteiger partial charge in [-0.2, -0.15) is 0 Å². The number of halogens is 1. The average molecular weight is 418 g/mol. The van der Waals surface area contributed by atoms with E-state index < -0.39 is 0 Å². The van der Waals surface area contributed by atoms with Gasteiger partial charge in [0.2, 0.25) is 5.89 Å². The first kappa shape index (κ1) is 16.5. The summed E-state index contributed by atoms with van der Waals surface area (Å²) in [5.74, 6) is 1.31. The molecule has 1 aromatic carbocycles. The van der Waals surface area contributed by atoms with Crippen LogP contribution in [0.1, 0.15) is 35.0 Å². The molecular formula is C18H16BrN3O2S. The van der Waals surface area contributed by atoms with Crippen molar-refractivity contribution in [3.63, 3.8) is 0 Å². The summed E-state index contributed by atoms with van der Waals surface area (Å²) in [5, 5.41) is 10.4. The van der Waals surface area contributed by atoms with E-state index in [0.29, 0.717) is 23.9 Å². The Morgan fingerprint density at radius 1 is 1.28 bits per heavy atom. The van der Waals surface area contributed by atoms with E-state index in [4.69, 9.17) is 4.42 Å². The van der Waals surface area contributed by atoms with Gasteiger partial charge in [-0.25, -0.2) is 0 Å². The Bertz CT molecular complexity index is 878. The van der Waals surface area contributed by atoms with Gasteiger partial charge in [-0.15, -0.1) is 21.5 Å². The fourth-order valence-electron chi connectivity index (χ4n) is 3.07. The third-order valence-corrected chi connectivity index (χ3v) is 5.65. The number of hydrogen-bond donors (Lipinski definition) is 0. The third kappa shape index (κ3) is 3.52. The molecule has 0 radical (unpaired) electrons. The lowest BCUT2D eigenvalue weighted by Gasteiger charge is -2.31. The van der Waals surface area contributed by atoms with Gasteiger partial charge in [0.25, 0.3) is 11.8 Å². The van der Waals surface area contributed by atoms with Crippen LogP contribution in [0, 0.1) is 0 Å². The van der Waals surface area contributed by atoms with Crippen molar-refractivity contribution < 1.29 is 9.21 Å². The molecule has 1 amide bonds. The lowest BCUT2D eigenvalue weighted by Crippen LogP contribution is -2.39. The maximum atomic E-state index is 12.8. The predicted molar refractivity (Wildman–Crippen MR) is 99.6 cm³/mol. The van der Waals surface area contributed by atoms with Crippen molar-refractivity contribution in [1.82, 2.24) is 15.1 Å². The average Bonchev–Trinajstić information content (AvgIpc) is 3.32. The highest BCUT2D eigenvalue weighted by Crippen LogP contribution is 2.30. The zero-order chi connectivity index (χ0) is 17.2. The standard InChI is InChI=1S/C18H16BrN3O2S/c19-14-6-1-4-12(10-14)18(23)22-8-2-5-13(11-22)16-20-21-17(24-16)15-7-3-9-25-15/h1,3-4,6-7,9-10,13H,2,5,8,11H2. The van der Waals surface area contributed by atoms with Crippen LogP contribution in [0.3, 0.4) is 0 Å². The van der Waals surface area contributed by atoms with Crippen LogP contribution in [0.2, 0.25) is 0 Å². The van der Waals surface area contributed by atoms with E-state index in [9.17, 15) is 4.79 Å². The van der Waals surface area contributed by atoms with Crippen LogP contribution in [0.5, 0.6) is 0 Å². The van der Waals surface area contributed by atoms with Crippen molar-refractivity contribution in [2.24, 2.45) is 0 Å². The smallest absolute Gasteiger partial charge is 0.257 e. The number of piperidine rings is 1. The van der Waals surface area contributed by atoms with Crippen LogP contribution in [0.4, 0.5) is 0 Å². The minimum absolute atomic E-state index is 0.0454. The quantitative estimate of drug-likeness (QED) is 0.625. The third-order valence-electron chi connectivity index (χ3n) is 4.30. The Morgan fingerprint density at radius 2 is 2.20 bits per heavy atom. The van der Waals surface area contributed by atoms with Crippen molar-refractivity contribution in [2.75, 3.05) is 13.1 Å². The highest BCUT2D eigenvalue weighted by Gasteiger charge is 2.29. The van der Waals surface area contributed by atoms with E-state index in [1.165, 1.54) is 0 Å². The van der Waals surface area contributed by atoms with Crippen molar-refractivity contribution in [3.8, 4) is 10.8 Å². The number of hydrogen-bond acceptors (Lipinski definition) is 5. The second kappa shape index (κ2) is 7.09. The van der Waals surface area contributed by atoms with Crippen molar-refractivity contribution >= 4 is 33.2 Å². The summed E-state index contributed by atoms with van der Waals surface area (Å²) in [6.45, 7) is 1.37. The van der Waals surface area contributed by atoms with E-state index >= 15 is 0 Å². The summed E-state index contributed by atoms with van der Waals surface area (Å²) in [6, 6.07) is 11.4. The molecule has 0 aliphatic carbocycles. The largest absolute Gasteiger partial charge is 0.420 e. The molecule has 1 unspecified atom stereocenters. The molecule has 0 saturated carbocycles. The summed E-state index contributed by atoms with van der Waals surface area (Å²) < 4.78 is 6.77. The summed E-state index contributed by atoms with van der Waals surface area (Å²) in [4.78, 5) is 15.6. The Labute approximate surface area is 157 Å². The SMILES string of the molecule is O=C(c1cccc(Br)c1)N1CCCC(c2nnc(-c3cccs3)o2)C1. The first-order chi connectivity index (χ1) is 12.2. The summed E-state index contributed by atoms with van der Waals surface area (Å²) >= 11 is 5.00. The molecule has 1 aliphatic rings. The van der Waals surface area contributed by atoms with Gasteiger partial charge in [0.1, 0.15) is 0 Å². The fraction of sp³-hybridized carbons (Fsp3) is 0.278. The van der Waals surface area contributed by atoms with Crippen molar-refractivity contribution in [2.45, 2.75) is 18.8 Å². The Kier molecular flexibility index (Phi) is 4.67. The van der Waals surface area contributed by atoms with E-state index in [-0.39, 0.29) is 11.8 Å².